The first kappa shape index (κ1) is 15.8. The van der Waals surface area contributed by atoms with Crippen LogP contribution in [0.3, 0.4) is 0 Å². The molecule has 25 heavy (non-hydrogen) atoms. The number of aromatic nitrogens is 4. The molecule has 1 aliphatic heterocycles. The molecule has 1 fully saturated rings. The number of hydrogen-bond acceptors (Lipinski definition) is 6. The van der Waals surface area contributed by atoms with Crippen LogP contribution in [0.15, 0.2) is 36.4 Å². The van der Waals surface area contributed by atoms with Gasteiger partial charge in [-0.1, -0.05) is 18.2 Å². The first-order valence-electron chi connectivity index (χ1n) is 8.51. The van der Waals surface area contributed by atoms with E-state index in [1.807, 2.05) is 37.3 Å². The highest BCUT2D eigenvalue weighted by atomic mass is 16.5. The Kier molecular flexibility index (Phi) is 4.23. The lowest BCUT2D eigenvalue weighted by Crippen LogP contribution is -2.51. The summed E-state index contributed by atoms with van der Waals surface area (Å²) >= 11 is 0. The molecule has 0 atom stereocenters. The van der Waals surface area contributed by atoms with Crippen LogP contribution < -0.4 is 15.0 Å². The van der Waals surface area contributed by atoms with Crippen LogP contribution in [-0.4, -0.2) is 46.6 Å². The van der Waals surface area contributed by atoms with E-state index in [1.165, 1.54) is 5.56 Å². The lowest BCUT2D eigenvalue weighted by Gasteiger charge is -2.40. The summed E-state index contributed by atoms with van der Waals surface area (Å²) in [6, 6.07) is 12.1. The average Bonchev–Trinajstić information content (AvgIpc) is 2.98. The summed E-state index contributed by atoms with van der Waals surface area (Å²) in [7, 11) is 1.71. The van der Waals surface area contributed by atoms with Crippen molar-refractivity contribution in [2.75, 3.05) is 31.6 Å². The van der Waals surface area contributed by atoms with E-state index < -0.39 is 0 Å². The highest BCUT2D eigenvalue weighted by Gasteiger charge is 2.27. The highest BCUT2D eigenvalue weighted by molar-refractivity contribution is 5.47. The van der Waals surface area contributed by atoms with E-state index in [0.29, 0.717) is 5.92 Å². The van der Waals surface area contributed by atoms with Crippen molar-refractivity contribution >= 4 is 11.5 Å². The van der Waals surface area contributed by atoms with Crippen LogP contribution in [0.2, 0.25) is 0 Å². The van der Waals surface area contributed by atoms with E-state index in [0.717, 1.165) is 49.2 Å². The van der Waals surface area contributed by atoms with Crippen molar-refractivity contribution in [2.45, 2.75) is 13.5 Å². The summed E-state index contributed by atoms with van der Waals surface area (Å²) in [6.45, 7) is 5.75. The molecule has 0 spiro atoms. The number of nitrogens with zero attached hydrogens (tertiary/aromatic N) is 5. The van der Waals surface area contributed by atoms with Crippen molar-refractivity contribution in [3.05, 3.63) is 47.8 Å². The van der Waals surface area contributed by atoms with Gasteiger partial charge in [0.15, 0.2) is 11.5 Å². The molecular weight excluding hydrogens is 316 g/mol. The zero-order valence-corrected chi connectivity index (χ0v) is 14.5. The molecule has 1 N–H and O–H groups in total. The Morgan fingerprint density at radius 1 is 1.16 bits per heavy atom. The van der Waals surface area contributed by atoms with Gasteiger partial charge in [0.25, 0.3) is 0 Å². The maximum absolute atomic E-state index is 5.39. The number of anilines is 1. The van der Waals surface area contributed by atoms with Gasteiger partial charge >= 0.3 is 0 Å². The minimum Gasteiger partial charge on any atom is -0.496 e. The van der Waals surface area contributed by atoms with E-state index in [2.05, 4.69) is 31.6 Å². The van der Waals surface area contributed by atoms with Crippen LogP contribution >= 0.6 is 0 Å². The first-order valence-corrected chi connectivity index (χ1v) is 8.51. The molecule has 1 saturated heterocycles. The van der Waals surface area contributed by atoms with Crippen molar-refractivity contribution in [3.63, 3.8) is 0 Å². The molecule has 0 bridgehead atoms. The number of aryl methyl sites for hydroxylation is 1. The van der Waals surface area contributed by atoms with Gasteiger partial charge in [0.1, 0.15) is 11.6 Å². The van der Waals surface area contributed by atoms with Crippen molar-refractivity contribution in [2.24, 2.45) is 5.92 Å². The number of rotatable bonds is 6. The largest absolute Gasteiger partial charge is 0.496 e. The molecule has 1 aliphatic rings. The number of para-hydroxylation sites is 1. The average molecular weight is 338 g/mol. The predicted molar refractivity (Wildman–Crippen MR) is 95.9 cm³/mol. The molecule has 2 aromatic heterocycles. The Hall–Kier alpha value is -2.67. The molecule has 130 valence electrons. The summed E-state index contributed by atoms with van der Waals surface area (Å²) in [4.78, 5) is 2.29. The highest BCUT2D eigenvalue weighted by Crippen LogP contribution is 2.23. The summed E-state index contributed by atoms with van der Waals surface area (Å²) in [6.07, 6.45) is 0. The third-order valence-electron chi connectivity index (χ3n) is 4.63. The van der Waals surface area contributed by atoms with Crippen LogP contribution in [0.5, 0.6) is 5.75 Å². The van der Waals surface area contributed by atoms with Crippen molar-refractivity contribution in [1.29, 1.82) is 0 Å². The van der Waals surface area contributed by atoms with Gasteiger partial charge < -0.3 is 15.0 Å². The molecule has 3 aromatic rings. The van der Waals surface area contributed by atoms with Crippen LogP contribution in [-0.2, 0) is 6.54 Å². The van der Waals surface area contributed by atoms with Gasteiger partial charge in [0, 0.05) is 37.7 Å². The summed E-state index contributed by atoms with van der Waals surface area (Å²) in [5.41, 5.74) is 1.98. The van der Waals surface area contributed by atoms with Crippen LogP contribution in [0.4, 0.5) is 5.82 Å². The Balaban J connectivity index is 1.29. The molecule has 4 rings (SSSR count). The predicted octanol–water partition coefficient (Wildman–Crippen LogP) is 1.67. The number of fused-ring (bicyclic) bond motifs is 1. The molecule has 0 unspecified atom stereocenters. The molecule has 3 heterocycles. The molecule has 0 radical (unpaired) electrons. The smallest absolute Gasteiger partial charge is 0.178 e. The van der Waals surface area contributed by atoms with Gasteiger partial charge in [-0.15, -0.1) is 15.3 Å². The number of ether oxygens (including phenoxy) is 1. The number of methoxy groups -OCH3 is 1. The Morgan fingerprint density at radius 3 is 2.84 bits per heavy atom. The molecule has 7 nitrogen and oxygen atoms in total. The second-order valence-corrected chi connectivity index (χ2v) is 6.42. The zero-order chi connectivity index (χ0) is 17.2. The maximum Gasteiger partial charge on any atom is 0.178 e. The second-order valence-electron chi connectivity index (χ2n) is 6.42. The Labute approximate surface area is 146 Å². The van der Waals surface area contributed by atoms with E-state index in [1.54, 1.807) is 11.6 Å². The fourth-order valence-corrected chi connectivity index (χ4v) is 3.20. The lowest BCUT2D eigenvalue weighted by atomic mass is 10.00. The molecule has 0 amide bonds. The number of hydrogen-bond donors (Lipinski definition) is 1. The van der Waals surface area contributed by atoms with Crippen molar-refractivity contribution < 1.29 is 4.74 Å². The first-order chi connectivity index (χ1) is 12.2. The SMILES string of the molecule is COc1ccccc1CNCC1CN(c2ccc3nnc(C)n3n2)C1. The van der Waals surface area contributed by atoms with Gasteiger partial charge in [-0.2, -0.15) is 4.52 Å². The number of benzene rings is 1. The van der Waals surface area contributed by atoms with Gasteiger partial charge in [0.05, 0.1) is 7.11 Å². The van der Waals surface area contributed by atoms with Gasteiger partial charge in [-0.3, -0.25) is 0 Å². The quantitative estimate of drug-likeness (QED) is 0.737. The Bertz CT molecular complexity index is 871. The van der Waals surface area contributed by atoms with Gasteiger partial charge in [-0.05, 0) is 25.1 Å². The van der Waals surface area contributed by atoms with Gasteiger partial charge in [0.2, 0.25) is 0 Å². The number of nitrogens with one attached hydrogen (secondary N) is 1. The van der Waals surface area contributed by atoms with Crippen LogP contribution in [0.25, 0.3) is 5.65 Å². The second kappa shape index (κ2) is 6.68. The zero-order valence-electron chi connectivity index (χ0n) is 14.5. The minimum absolute atomic E-state index is 0.634. The topological polar surface area (TPSA) is 67.6 Å². The summed E-state index contributed by atoms with van der Waals surface area (Å²) < 4.78 is 7.18. The fourth-order valence-electron chi connectivity index (χ4n) is 3.20. The van der Waals surface area contributed by atoms with Crippen molar-refractivity contribution in [1.82, 2.24) is 25.1 Å². The third-order valence-corrected chi connectivity index (χ3v) is 4.63. The van der Waals surface area contributed by atoms with Crippen molar-refractivity contribution in [3.8, 4) is 5.75 Å². The molecule has 7 heteroatoms. The van der Waals surface area contributed by atoms with Crippen LogP contribution in [0.1, 0.15) is 11.4 Å². The Morgan fingerprint density at radius 2 is 2.00 bits per heavy atom. The molecule has 0 saturated carbocycles. The normalized spacial score (nSPS) is 14.7. The van der Waals surface area contributed by atoms with E-state index in [-0.39, 0.29) is 0 Å². The molecule has 0 aliphatic carbocycles. The lowest BCUT2D eigenvalue weighted by molar-refractivity contribution is 0.376. The summed E-state index contributed by atoms with van der Waals surface area (Å²) in [5.74, 6) is 3.37. The van der Waals surface area contributed by atoms with E-state index in [9.17, 15) is 0 Å². The summed E-state index contributed by atoms with van der Waals surface area (Å²) in [5, 5.41) is 16.3. The fraction of sp³-hybridized carbons (Fsp3) is 0.389. The molecular formula is C18H22N6O. The minimum atomic E-state index is 0.634. The van der Waals surface area contributed by atoms with E-state index in [4.69, 9.17) is 4.74 Å². The monoisotopic (exact) mass is 338 g/mol. The third kappa shape index (κ3) is 3.15. The van der Waals surface area contributed by atoms with Crippen LogP contribution in [0, 0.1) is 12.8 Å². The maximum atomic E-state index is 5.39. The standard InChI is InChI=1S/C18H22N6O/c1-13-20-21-17-7-8-18(22-24(13)17)23-11-14(12-23)9-19-10-15-5-3-4-6-16(15)25-2/h3-8,14,19H,9-12H2,1-2H3. The van der Waals surface area contributed by atoms with E-state index >= 15 is 0 Å². The van der Waals surface area contributed by atoms with Gasteiger partial charge in [-0.25, -0.2) is 0 Å². The molecule has 1 aromatic carbocycles.